The fourth-order valence-electron chi connectivity index (χ4n) is 2.50. The minimum atomic E-state index is -0.0401. The molecule has 0 aliphatic heterocycles. The molecule has 3 aromatic rings. The fraction of sp³-hybridized carbons (Fsp3) is 0.167. The summed E-state index contributed by atoms with van der Waals surface area (Å²) < 4.78 is 5.25. The second kappa shape index (κ2) is 5.94. The van der Waals surface area contributed by atoms with Crippen LogP contribution in [0.4, 0.5) is 0 Å². The number of nitrogens with zero attached hydrogens (tertiary/aromatic N) is 1. The molecular weight excluding hydrogens is 260 g/mol. The van der Waals surface area contributed by atoms with Crippen molar-refractivity contribution in [3.8, 4) is 5.75 Å². The van der Waals surface area contributed by atoms with E-state index in [0.29, 0.717) is 0 Å². The van der Waals surface area contributed by atoms with E-state index in [1.807, 2.05) is 30.3 Å². The number of hydrogen-bond donors (Lipinski definition) is 1. The minimum Gasteiger partial charge on any atom is -0.497 e. The van der Waals surface area contributed by atoms with Crippen LogP contribution in [0.5, 0.6) is 5.75 Å². The average Bonchev–Trinajstić information content (AvgIpc) is 2.54. The summed E-state index contributed by atoms with van der Waals surface area (Å²) in [5.74, 6) is 0.863. The predicted molar refractivity (Wildman–Crippen MR) is 85.4 cm³/mol. The molecule has 0 saturated heterocycles. The summed E-state index contributed by atoms with van der Waals surface area (Å²) >= 11 is 0. The monoisotopic (exact) mass is 278 g/mol. The molecule has 0 saturated carbocycles. The normalized spacial score (nSPS) is 12.3. The van der Waals surface area contributed by atoms with Crippen molar-refractivity contribution in [2.75, 3.05) is 7.11 Å². The van der Waals surface area contributed by atoms with Gasteiger partial charge in [-0.05, 0) is 47.9 Å². The molecule has 106 valence electrons. The van der Waals surface area contributed by atoms with Crippen LogP contribution >= 0.6 is 0 Å². The van der Waals surface area contributed by atoms with Crippen LogP contribution in [0.2, 0.25) is 0 Å². The van der Waals surface area contributed by atoms with Crippen molar-refractivity contribution >= 4 is 10.9 Å². The highest BCUT2D eigenvalue weighted by Gasteiger charge is 2.08. The number of methoxy groups -OCH3 is 1. The van der Waals surface area contributed by atoms with Gasteiger partial charge in [-0.15, -0.1) is 0 Å². The maximum Gasteiger partial charge on any atom is 0.119 e. The lowest BCUT2D eigenvalue weighted by atomic mass is 9.98. The van der Waals surface area contributed by atoms with E-state index in [-0.39, 0.29) is 6.04 Å². The second-order valence-electron chi connectivity index (χ2n) is 5.12. The van der Waals surface area contributed by atoms with Crippen LogP contribution in [0.1, 0.15) is 17.2 Å². The average molecular weight is 278 g/mol. The van der Waals surface area contributed by atoms with E-state index in [4.69, 9.17) is 10.5 Å². The maximum atomic E-state index is 6.35. The Labute approximate surface area is 124 Å². The van der Waals surface area contributed by atoms with Crippen LogP contribution in [-0.4, -0.2) is 12.1 Å². The van der Waals surface area contributed by atoms with Gasteiger partial charge in [-0.1, -0.05) is 24.3 Å². The van der Waals surface area contributed by atoms with Crippen LogP contribution in [-0.2, 0) is 6.42 Å². The standard InChI is InChI=1S/C18H18N2O/c1-21-16-6-2-4-13(10-16)11-17(19)14-7-8-18-15(12-14)5-3-9-20-18/h2-10,12,17H,11,19H2,1H3. The molecule has 2 N–H and O–H groups in total. The Morgan fingerprint density at radius 1 is 1.10 bits per heavy atom. The van der Waals surface area contributed by atoms with Crippen LogP contribution in [0.3, 0.4) is 0 Å². The SMILES string of the molecule is COc1cccc(CC(N)c2ccc3ncccc3c2)c1. The Morgan fingerprint density at radius 2 is 2.00 bits per heavy atom. The van der Waals surface area contributed by atoms with Crippen molar-refractivity contribution in [3.63, 3.8) is 0 Å². The van der Waals surface area contributed by atoms with E-state index >= 15 is 0 Å². The Hall–Kier alpha value is -2.39. The Morgan fingerprint density at radius 3 is 2.86 bits per heavy atom. The van der Waals surface area contributed by atoms with Gasteiger partial charge in [0.05, 0.1) is 12.6 Å². The van der Waals surface area contributed by atoms with Crippen LogP contribution in [0.25, 0.3) is 10.9 Å². The zero-order valence-electron chi connectivity index (χ0n) is 12.0. The van der Waals surface area contributed by atoms with Gasteiger partial charge in [0.2, 0.25) is 0 Å². The lowest BCUT2D eigenvalue weighted by Crippen LogP contribution is -2.13. The highest BCUT2D eigenvalue weighted by molar-refractivity contribution is 5.79. The summed E-state index contributed by atoms with van der Waals surface area (Å²) in [6.45, 7) is 0. The Bertz CT molecular complexity index is 755. The largest absolute Gasteiger partial charge is 0.497 e. The molecule has 0 amide bonds. The lowest BCUT2D eigenvalue weighted by molar-refractivity contribution is 0.414. The predicted octanol–water partition coefficient (Wildman–Crippen LogP) is 3.49. The third-order valence-corrected chi connectivity index (χ3v) is 3.64. The van der Waals surface area contributed by atoms with Crippen molar-refractivity contribution in [1.82, 2.24) is 4.98 Å². The van der Waals surface area contributed by atoms with Crippen LogP contribution in [0.15, 0.2) is 60.8 Å². The van der Waals surface area contributed by atoms with Crippen LogP contribution in [0, 0.1) is 0 Å². The van der Waals surface area contributed by atoms with E-state index in [9.17, 15) is 0 Å². The Balaban J connectivity index is 1.84. The molecule has 2 aromatic carbocycles. The molecule has 1 unspecified atom stereocenters. The molecule has 3 nitrogen and oxygen atoms in total. The summed E-state index contributed by atoms with van der Waals surface area (Å²) in [6.07, 6.45) is 2.58. The van der Waals surface area contributed by atoms with Crippen molar-refractivity contribution in [1.29, 1.82) is 0 Å². The zero-order chi connectivity index (χ0) is 14.7. The molecule has 0 bridgehead atoms. The van der Waals surface area contributed by atoms with Crippen LogP contribution < -0.4 is 10.5 Å². The number of nitrogens with two attached hydrogens (primary N) is 1. The number of pyridine rings is 1. The van der Waals surface area contributed by atoms with Gasteiger partial charge >= 0.3 is 0 Å². The first-order chi connectivity index (χ1) is 10.3. The van der Waals surface area contributed by atoms with Gasteiger partial charge in [-0.3, -0.25) is 4.98 Å². The number of benzene rings is 2. The Kier molecular flexibility index (Phi) is 3.84. The molecule has 0 aliphatic rings. The smallest absolute Gasteiger partial charge is 0.119 e. The highest BCUT2D eigenvalue weighted by atomic mass is 16.5. The van der Waals surface area contributed by atoms with Gasteiger partial charge < -0.3 is 10.5 Å². The zero-order valence-corrected chi connectivity index (χ0v) is 12.0. The highest BCUT2D eigenvalue weighted by Crippen LogP contribution is 2.22. The van der Waals surface area contributed by atoms with E-state index in [1.165, 1.54) is 5.56 Å². The van der Waals surface area contributed by atoms with Gasteiger partial charge in [0.1, 0.15) is 5.75 Å². The molecule has 1 atom stereocenters. The molecule has 1 aromatic heterocycles. The van der Waals surface area contributed by atoms with E-state index in [1.54, 1.807) is 13.3 Å². The number of aromatic nitrogens is 1. The topological polar surface area (TPSA) is 48.1 Å². The summed E-state index contributed by atoms with van der Waals surface area (Å²) in [6, 6.07) is 18.2. The first-order valence-electron chi connectivity index (χ1n) is 6.99. The summed E-state index contributed by atoms with van der Waals surface area (Å²) in [5.41, 5.74) is 9.64. The molecule has 0 fully saturated rings. The van der Waals surface area contributed by atoms with Gasteiger partial charge in [0.25, 0.3) is 0 Å². The third kappa shape index (κ3) is 3.03. The quantitative estimate of drug-likeness (QED) is 0.794. The molecular formula is C18H18N2O. The molecule has 3 heteroatoms. The molecule has 3 rings (SSSR count). The summed E-state index contributed by atoms with van der Waals surface area (Å²) in [7, 11) is 1.68. The number of ether oxygens (including phenoxy) is 1. The lowest BCUT2D eigenvalue weighted by Gasteiger charge is -2.13. The molecule has 1 heterocycles. The molecule has 0 aliphatic carbocycles. The van der Waals surface area contributed by atoms with E-state index < -0.39 is 0 Å². The first-order valence-corrected chi connectivity index (χ1v) is 6.99. The number of fused-ring (bicyclic) bond motifs is 1. The van der Waals surface area contributed by atoms with Gasteiger partial charge in [0, 0.05) is 17.6 Å². The number of hydrogen-bond acceptors (Lipinski definition) is 3. The second-order valence-corrected chi connectivity index (χ2v) is 5.12. The summed E-state index contributed by atoms with van der Waals surface area (Å²) in [4.78, 5) is 4.33. The van der Waals surface area contributed by atoms with E-state index in [0.717, 1.165) is 28.6 Å². The van der Waals surface area contributed by atoms with E-state index in [2.05, 4.69) is 29.2 Å². The van der Waals surface area contributed by atoms with Crippen molar-refractivity contribution < 1.29 is 4.74 Å². The first kappa shape index (κ1) is 13.6. The molecule has 0 radical (unpaired) electrons. The van der Waals surface area contributed by atoms with Gasteiger partial charge in [-0.2, -0.15) is 0 Å². The summed E-state index contributed by atoms with van der Waals surface area (Å²) in [5, 5.41) is 1.12. The van der Waals surface area contributed by atoms with Gasteiger partial charge in [-0.25, -0.2) is 0 Å². The fourth-order valence-corrected chi connectivity index (χ4v) is 2.50. The minimum absolute atomic E-state index is 0.0401. The van der Waals surface area contributed by atoms with Crippen molar-refractivity contribution in [2.24, 2.45) is 5.73 Å². The maximum absolute atomic E-state index is 6.35. The third-order valence-electron chi connectivity index (χ3n) is 3.64. The van der Waals surface area contributed by atoms with Crippen molar-refractivity contribution in [3.05, 3.63) is 71.9 Å². The van der Waals surface area contributed by atoms with Crippen molar-refractivity contribution in [2.45, 2.75) is 12.5 Å². The molecule has 0 spiro atoms. The number of rotatable bonds is 4. The van der Waals surface area contributed by atoms with Gasteiger partial charge in [0.15, 0.2) is 0 Å². The molecule has 21 heavy (non-hydrogen) atoms.